The molecule has 0 spiro atoms. The molecule has 0 aromatic carbocycles. The van der Waals surface area contributed by atoms with Crippen LogP contribution in [0.1, 0.15) is 155 Å². The number of hydrogen-bond donors (Lipinski definition) is 2. The van der Waals surface area contributed by atoms with Crippen molar-refractivity contribution in [1.82, 2.24) is 0 Å². The number of phosphoric acid groups is 1. The molecule has 3 N–H and O–H groups in total. The molecule has 40 heavy (non-hydrogen) atoms. The molecule has 0 aliphatic rings. The molecule has 0 heterocycles. The molecular weight excluding hydrogens is 529 g/mol. The van der Waals surface area contributed by atoms with Crippen LogP contribution >= 0.6 is 7.82 Å². The van der Waals surface area contributed by atoms with Gasteiger partial charge < -0.3 is 20.1 Å². The first-order valence-electron chi connectivity index (χ1n) is 16.5. The van der Waals surface area contributed by atoms with Crippen molar-refractivity contribution in [2.24, 2.45) is 5.73 Å². The van der Waals surface area contributed by atoms with Crippen LogP contribution in [0, 0.1) is 0 Å². The second-order valence-corrected chi connectivity index (χ2v) is 12.5. The van der Waals surface area contributed by atoms with Crippen LogP contribution in [0.4, 0.5) is 0 Å². The number of hydrogen-bond acceptors (Lipinski definition) is 7. The first kappa shape index (κ1) is 39.5. The molecule has 0 aliphatic carbocycles. The molecule has 0 radical (unpaired) electrons. The summed E-state index contributed by atoms with van der Waals surface area (Å²) in [6, 6.07) is 0. The zero-order valence-corrected chi connectivity index (χ0v) is 27.0. The lowest BCUT2D eigenvalue weighted by Crippen LogP contribution is -2.28. The predicted molar refractivity (Wildman–Crippen MR) is 164 cm³/mol. The van der Waals surface area contributed by atoms with Gasteiger partial charge in [-0.3, -0.25) is 13.8 Å². The van der Waals surface area contributed by atoms with Gasteiger partial charge >= 0.3 is 13.8 Å². The summed E-state index contributed by atoms with van der Waals surface area (Å²) in [5.74, 6) is -0.335. The maximum Gasteiger partial charge on any atom is 0.472 e. The standard InChI is InChI=1S/C31H64NO7P/c1-3-5-7-9-11-12-13-14-15-16-17-19-21-23-26-36-28-30(29-38-40(34,35)37-27-25-32)39-31(33)24-22-20-18-10-8-6-4-2/h30H,3-29,32H2,1-2H3,(H,34,35). The van der Waals surface area contributed by atoms with Crippen LogP contribution in [-0.4, -0.2) is 49.9 Å². The van der Waals surface area contributed by atoms with E-state index < -0.39 is 13.9 Å². The van der Waals surface area contributed by atoms with Crippen LogP contribution in [-0.2, 0) is 27.9 Å². The lowest BCUT2D eigenvalue weighted by atomic mass is 10.0. The van der Waals surface area contributed by atoms with E-state index in [0.717, 1.165) is 32.1 Å². The Bertz CT molecular complexity index is 594. The molecule has 0 aromatic rings. The van der Waals surface area contributed by atoms with Crippen molar-refractivity contribution in [2.45, 2.75) is 161 Å². The fourth-order valence-electron chi connectivity index (χ4n) is 4.58. The Morgan fingerprint density at radius 1 is 0.650 bits per heavy atom. The third kappa shape index (κ3) is 29.0. The highest BCUT2D eigenvalue weighted by atomic mass is 31.2. The van der Waals surface area contributed by atoms with Gasteiger partial charge in [-0.05, 0) is 12.8 Å². The smallest absolute Gasteiger partial charge is 0.457 e. The normalized spacial score (nSPS) is 13.8. The molecule has 0 aliphatic heterocycles. The molecule has 0 saturated heterocycles. The number of esters is 1. The Morgan fingerprint density at radius 3 is 1.57 bits per heavy atom. The van der Waals surface area contributed by atoms with E-state index in [-0.39, 0.29) is 32.3 Å². The van der Waals surface area contributed by atoms with Crippen LogP contribution in [0.25, 0.3) is 0 Å². The summed E-state index contributed by atoms with van der Waals surface area (Å²) in [5, 5.41) is 0. The molecule has 2 atom stereocenters. The van der Waals surface area contributed by atoms with Crippen molar-refractivity contribution in [3.8, 4) is 0 Å². The van der Waals surface area contributed by atoms with E-state index in [9.17, 15) is 14.3 Å². The van der Waals surface area contributed by atoms with Gasteiger partial charge in [0.1, 0.15) is 6.10 Å². The number of phosphoric ester groups is 1. The molecule has 0 rings (SSSR count). The van der Waals surface area contributed by atoms with E-state index >= 15 is 0 Å². The largest absolute Gasteiger partial charge is 0.472 e. The average molecular weight is 594 g/mol. The molecule has 0 fully saturated rings. The Balaban J connectivity index is 4.04. The third-order valence-electron chi connectivity index (χ3n) is 7.02. The Labute approximate surface area is 246 Å². The highest BCUT2D eigenvalue weighted by molar-refractivity contribution is 7.47. The van der Waals surface area contributed by atoms with Crippen LogP contribution in [0.15, 0.2) is 0 Å². The number of ether oxygens (including phenoxy) is 2. The van der Waals surface area contributed by atoms with Crippen LogP contribution < -0.4 is 5.73 Å². The van der Waals surface area contributed by atoms with E-state index in [1.54, 1.807) is 0 Å². The zero-order valence-electron chi connectivity index (χ0n) is 26.1. The molecule has 2 unspecified atom stereocenters. The Morgan fingerprint density at radius 2 is 1.10 bits per heavy atom. The monoisotopic (exact) mass is 593 g/mol. The summed E-state index contributed by atoms with van der Waals surface area (Å²) < 4.78 is 33.0. The SMILES string of the molecule is CCCCCCCCCCCCCCCCOCC(COP(=O)(O)OCCN)OC(=O)CCCCCCCCC. The first-order chi connectivity index (χ1) is 19.4. The van der Waals surface area contributed by atoms with Gasteiger partial charge in [0, 0.05) is 19.6 Å². The second-order valence-electron chi connectivity index (χ2n) is 11.0. The molecule has 8 nitrogen and oxygen atoms in total. The number of unbranched alkanes of at least 4 members (excludes halogenated alkanes) is 19. The minimum absolute atomic E-state index is 0.0912. The van der Waals surface area contributed by atoms with Crippen molar-refractivity contribution in [3.63, 3.8) is 0 Å². The summed E-state index contributed by atoms with van der Waals surface area (Å²) in [4.78, 5) is 22.1. The number of rotatable bonds is 32. The fraction of sp³-hybridized carbons (Fsp3) is 0.968. The van der Waals surface area contributed by atoms with Crippen molar-refractivity contribution in [3.05, 3.63) is 0 Å². The summed E-state index contributed by atoms with van der Waals surface area (Å²) >= 11 is 0. The number of nitrogens with two attached hydrogens (primary N) is 1. The maximum absolute atomic E-state index is 12.3. The second kappa shape index (κ2) is 30.0. The maximum atomic E-state index is 12.3. The van der Waals surface area contributed by atoms with Crippen molar-refractivity contribution < 1.29 is 32.8 Å². The molecule has 0 amide bonds. The lowest BCUT2D eigenvalue weighted by Gasteiger charge is -2.20. The van der Waals surface area contributed by atoms with E-state index in [2.05, 4.69) is 13.8 Å². The average Bonchev–Trinajstić information content (AvgIpc) is 2.94. The summed E-state index contributed by atoms with van der Waals surface area (Å²) in [7, 11) is -4.25. The van der Waals surface area contributed by atoms with Crippen LogP contribution in [0.3, 0.4) is 0 Å². The van der Waals surface area contributed by atoms with Crippen molar-refractivity contribution >= 4 is 13.8 Å². The van der Waals surface area contributed by atoms with E-state index in [1.807, 2.05) is 0 Å². The summed E-state index contributed by atoms with van der Waals surface area (Å²) in [6.45, 7) is 4.89. The Kier molecular flexibility index (Phi) is 29.6. The van der Waals surface area contributed by atoms with Gasteiger partial charge in [0.25, 0.3) is 0 Å². The van der Waals surface area contributed by atoms with Crippen LogP contribution in [0.2, 0.25) is 0 Å². The number of carbonyl (C=O) groups is 1. The van der Waals surface area contributed by atoms with Gasteiger partial charge in [0.2, 0.25) is 0 Å². The predicted octanol–water partition coefficient (Wildman–Crippen LogP) is 8.63. The molecule has 0 bridgehead atoms. The topological polar surface area (TPSA) is 117 Å². The quantitative estimate of drug-likeness (QED) is 0.0452. The van der Waals surface area contributed by atoms with E-state index in [0.29, 0.717) is 13.0 Å². The number of carbonyl (C=O) groups excluding carboxylic acids is 1. The van der Waals surface area contributed by atoms with Crippen LogP contribution in [0.5, 0.6) is 0 Å². The highest BCUT2D eigenvalue weighted by Gasteiger charge is 2.25. The van der Waals surface area contributed by atoms with Gasteiger partial charge in [-0.1, -0.05) is 136 Å². The third-order valence-corrected chi connectivity index (χ3v) is 8.01. The van der Waals surface area contributed by atoms with Gasteiger partial charge in [-0.25, -0.2) is 4.57 Å². The minimum atomic E-state index is -4.25. The highest BCUT2D eigenvalue weighted by Crippen LogP contribution is 2.43. The van der Waals surface area contributed by atoms with E-state index in [1.165, 1.54) is 103 Å². The van der Waals surface area contributed by atoms with Crippen molar-refractivity contribution in [1.29, 1.82) is 0 Å². The molecule has 0 aromatic heterocycles. The van der Waals surface area contributed by atoms with Gasteiger partial charge in [0.15, 0.2) is 0 Å². The lowest BCUT2D eigenvalue weighted by molar-refractivity contribution is -0.154. The minimum Gasteiger partial charge on any atom is -0.457 e. The van der Waals surface area contributed by atoms with Gasteiger partial charge in [-0.15, -0.1) is 0 Å². The van der Waals surface area contributed by atoms with E-state index in [4.69, 9.17) is 24.3 Å². The zero-order chi connectivity index (χ0) is 29.6. The first-order valence-corrected chi connectivity index (χ1v) is 18.0. The van der Waals surface area contributed by atoms with Gasteiger partial charge in [-0.2, -0.15) is 0 Å². The molecule has 0 saturated carbocycles. The Hall–Kier alpha value is -0.500. The molecular formula is C31H64NO7P. The van der Waals surface area contributed by atoms with Gasteiger partial charge in [0.05, 0.1) is 19.8 Å². The fourth-order valence-corrected chi connectivity index (χ4v) is 5.35. The summed E-state index contributed by atoms with van der Waals surface area (Å²) in [6.07, 6.45) is 25.5. The molecule has 240 valence electrons. The van der Waals surface area contributed by atoms with Crippen molar-refractivity contribution in [2.75, 3.05) is 33.0 Å². The summed E-state index contributed by atoms with van der Waals surface area (Å²) in [5.41, 5.74) is 5.32. The molecule has 9 heteroatoms.